The van der Waals surface area contributed by atoms with E-state index in [1.54, 1.807) is 36.4 Å². The van der Waals surface area contributed by atoms with Gasteiger partial charge in [0.05, 0.1) is 19.1 Å². The van der Waals surface area contributed by atoms with Crippen LogP contribution >= 0.6 is 11.3 Å². The zero-order chi connectivity index (χ0) is 23.3. The van der Waals surface area contributed by atoms with Gasteiger partial charge in [-0.3, -0.25) is 14.4 Å². The van der Waals surface area contributed by atoms with Gasteiger partial charge >= 0.3 is 5.97 Å². The van der Waals surface area contributed by atoms with Gasteiger partial charge in [-0.25, -0.2) is 8.42 Å². The number of amides is 2. The van der Waals surface area contributed by atoms with Crippen molar-refractivity contribution in [2.24, 2.45) is 11.8 Å². The standard InChI is InChI=1S/C21H31N3O6S2/c1-3-30-21(27)17-6-10-23(11-7-17)18(25)15-22(2)20(26)16-8-12-24(13-9-16)32(28,29)19-5-4-14-31-19/h4-5,14,16-17H,3,6-13,15H2,1-2H3. The fourth-order valence-corrected chi connectivity index (χ4v) is 6.81. The zero-order valence-electron chi connectivity index (χ0n) is 18.6. The fourth-order valence-electron chi connectivity index (χ4n) is 4.20. The number of likely N-dealkylation sites (N-methyl/N-ethyl adjacent to an activating group) is 1. The molecule has 2 aliphatic rings. The number of thiophene rings is 1. The van der Waals surface area contributed by atoms with Crippen molar-refractivity contribution in [3.63, 3.8) is 0 Å². The molecular weight excluding hydrogens is 454 g/mol. The molecule has 1 aromatic rings. The summed E-state index contributed by atoms with van der Waals surface area (Å²) >= 11 is 1.19. The Balaban J connectivity index is 1.45. The predicted molar refractivity (Wildman–Crippen MR) is 119 cm³/mol. The number of esters is 1. The third-order valence-corrected chi connectivity index (χ3v) is 9.38. The van der Waals surface area contributed by atoms with Gasteiger partial charge in [-0.2, -0.15) is 4.31 Å². The molecule has 11 heteroatoms. The molecule has 3 rings (SSSR count). The SMILES string of the molecule is CCOC(=O)C1CCN(C(=O)CN(C)C(=O)C2CCN(S(=O)(=O)c3cccs3)CC2)CC1. The van der Waals surface area contributed by atoms with Crippen LogP contribution in [-0.4, -0.2) is 86.7 Å². The molecule has 0 spiro atoms. The minimum Gasteiger partial charge on any atom is -0.466 e. The first-order valence-corrected chi connectivity index (χ1v) is 13.3. The minimum atomic E-state index is -3.50. The molecule has 0 unspecified atom stereocenters. The molecule has 0 bridgehead atoms. The molecule has 0 N–H and O–H groups in total. The van der Waals surface area contributed by atoms with E-state index < -0.39 is 10.0 Å². The number of hydrogen-bond acceptors (Lipinski definition) is 7. The molecule has 2 aliphatic heterocycles. The van der Waals surface area contributed by atoms with Crippen molar-refractivity contribution < 1.29 is 27.5 Å². The lowest BCUT2D eigenvalue weighted by molar-refractivity contribution is -0.151. The second-order valence-corrected chi connectivity index (χ2v) is 11.3. The predicted octanol–water partition coefficient (Wildman–Crippen LogP) is 1.41. The van der Waals surface area contributed by atoms with Gasteiger partial charge in [0.2, 0.25) is 11.8 Å². The summed E-state index contributed by atoms with van der Waals surface area (Å²) in [4.78, 5) is 40.5. The number of likely N-dealkylation sites (tertiary alicyclic amines) is 1. The van der Waals surface area contributed by atoms with Gasteiger partial charge in [0.15, 0.2) is 0 Å². The Labute approximate surface area is 193 Å². The highest BCUT2D eigenvalue weighted by Gasteiger charge is 2.34. The maximum Gasteiger partial charge on any atom is 0.309 e. The topological polar surface area (TPSA) is 104 Å². The Morgan fingerprint density at radius 1 is 1.09 bits per heavy atom. The van der Waals surface area contributed by atoms with Gasteiger partial charge < -0.3 is 14.5 Å². The van der Waals surface area contributed by atoms with Crippen LogP contribution in [0.3, 0.4) is 0 Å². The van der Waals surface area contributed by atoms with E-state index in [-0.39, 0.29) is 36.2 Å². The van der Waals surface area contributed by atoms with Crippen molar-refractivity contribution >= 4 is 39.1 Å². The van der Waals surface area contributed by atoms with Gasteiger partial charge in [0.1, 0.15) is 4.21 Å². The Hall–Kier alpha value is -1.98. The summed E-state index contributed by atoms with van der Waals surface area (Å²) in [6.45, 7) is 3.64. The molecule has 3 heterocycles. The van der Waals surface area contributed by atoms with Crippen LogP contribution in [0.5, 0.6) is 0 Å². The van der Waals surface area contributed by atoms with E-state index in [0.717, 1.165) is 0 Å². The van der Waals surface area contributed by atoms with Crippen molar-refractivity contribution in [2.45, 2.75) is 36.8 Å². The lowest BCUT2D eigenvalue weighted by Gasteiger charge is -2.34. The van der Waals surface area contributed by atoms with Crippen LogP contribution in [-0.2, 0) is 29.1 Å². The molecule has 0 saturated carbocycles. The smallest absolute Gasteiger partial charge is 0.309 e. The molecule has 9 nitrogen and oxygen atoms in total. The molecule has 0 radical (unpaired) electrons. The van der Waals surface area contributed by atoms with Gasteiger partial charge in [-0.1, -0.05) is 6.07 Å². The molecular formula is C21H31N3O6S2. The molecule has 2 amide bonds. The fraction of sp³-hybridized carbons (Fsp3) is 0.667. The quantitative estimate of drug-likeness (QED) is 0.541. The second kappa shape index (κ2) is 10.8. The Bertz CT molecular complexity index is 902. The van der Waals surface area contributed by atoms with E-state index >= 15 is 0 Å². The first-order chi connectivity index (χ1) is 15.2. The summed E-state index contributed by atoms with van der Waals surface area (Å²) in [5.74, 6) is -0.945. The molecule has 2 fully saturated rings. The monoisotopic (exact) mass is 485 g/mol. The summed E-state index contributed by atoms with van der Waals surface area (Å²) in [6.07, 6.45) is 2.01. The van der Waals surface area contributed by atoms with Crippen LogP contribution in [0.2, 0.25) is 0 Å². The van der Waals surface area contributed by atoms with Crippen LogP contribution in [0.1, 0.15) is 32.6 Å². The maximum absolute atomic E-state index is 12.8. The van der Waals surface area contributed by atoms with E-state index in [4.69, 9.17) is 4.74 Å². The Morgan fingerprint density at radius 3 is 2.28 bits per heavy atom. The van der Waals surface area contributed by atoms with E-state index in [1.807, 2.05) is 0 Å². The average Bonchev–Trinajstić information content (AvgIpc) is 3.35. The normalized spacial score (nSPS) is 19.0. The zero-order valence-corrected chi connectivity index (χ0v) is 20.2. The molecule has 1 aromatic heterocycles. The summed E-state index contributed by atoms with van der Waals surface area (Å²) in [7, 11) is -1.89. The van der Waals surface area contributed by atoms with Crippen molar-refractivity contribution in [2.75, 3.05) is 46.4 Å². The summed E-state index contributed by atoms with van der Waals surface area (Å²) in [5.41, 5.74) is 0. The number of rotatable bonds is 7. The lowest BCUT2D eigenvalue weighted by atomic mass is 9.96. The van der Waals surface area contributed by atoms with Gasteiger partial charge in [0.25, 0.3) is 10.0 Å². The van der Waals surface area contributed by atoms with Crippen LogP contribution < -0.4 is 0 Å². The molecule has 0 aromatic carbocycles. The van der Waals surface area contributed by atoms with Gasteiger partial charge in [0, 0.05) is 39.1 Å². The molecule has 0 atom stereocenters. The van der Waals surface area contributed by atoms with E-state index in [2.05, 4.69) is 0 Å². The van der Waals surface area contributed by atoms with Crippen LogP contribution in [0, 0.1) is 11.8 Å². The maximum atomic E-state index is 12.8. The van der Waals surface area contributed by atoms with Crippen LogP contribution in [0.15, 0.2) is 21.7 Å². The first-order valence-electron chi connectivity index (χ1n) is 11.0. The van der Waals surface area contributed by atoms with Gasteiger partial charge in [-0.05, 0) is 44.1 Å². The largest absolute Gasteiger partial charge is 0.466 e. The lowest BCUT2D eigenvalue weighted by Crippen LogP contribution is -2.48. The second-order valence-electron chi connectivity index (χ2n) is 8.21. The van der Waals surface area contributed by atoms with Crippen molar-refractivity contribution in [3.8, 4) is 0 Å². The number of hydrogen-bond donors (Lipinski definition) is 0. The number of carbonyl (C=O) groups excluding carboxylic acids is 3. The van der Waals surface area contributed by atoms with Crippen molar-refractivity contribution in [3.05, 3.63) is 17.5 Å². The highest BCUT2D eigenvalue weighted by atomic mass is 32.2. The highest BCUT2D eigenvalue weighted by molar-refractivity contribution is 7.91. The van der Waals surface area contributed by atoms with E-state index in [9.17, 15) is 22.8 Å². The third-order valence-electron chi connectivity index (χ3n) is 6.11. The van der Waals surface area contributed by atoms with Crippen molar-refractivity contribution in [1.29, 1.82) is 0 Å². The average molecular weight is 486 g/mol. The highest BCUT2D eigenvalue weighted by Crippen LogP contribution is 2.27. The number of carbonyl (C=O) groups is 3. The summed E-state index contributed by atoms with van der Waals surface area (Å²) < 4.78 is 32.1. The first kappa shape index (κ1) is 24.7. The molecule has 32 heavy (non-hydrogen) atoms. The summed E-state index contributed by atoms with van der Waals surface area (Å²) in [5, 5.41) is 1.73. The number of piperidine rings is 2. The van der Waals surface area contributed by atoms with Gasteiger partial charge in [-0.15, -0.1) is 11.3 Å². The number of nitrogens with zero attached hydrogens (tertiary/aromatic N) is 3. The number of ether oxygens (including phenoxy) is 1. The molecule has 0 aliphatic carbocycles. The Kier molecular flexibility index (Phi) is 8.29. The summed E-state index contributed by atoms with van der Waals surface area (Å²) in [6, 6.07) is 3.30. The minimum absolute atomic E-state index is 0.0172. The Morgan fingerprint density at radius 2 is 1.72 bits per heavy atom. The van der Waals surface area contributed by atoms with E-state index in [1.165, 1.54) is 20.5 Å². The van der Waals surface area contributed by atoms with Crippen LogP contribution in [0.25, 0.3) is 0 Å². The number of sulfonamides is 1. The van der Waals surface area contributed by atoms with E-state index in [0.29, 0.717) is 62.7 Å². The third kappa shape index (κ3) is 5.68. The van der Waals surface area contributed by atoms with Crippen LogP contribution in [0.4, 0.5) is 0 Å². The molecule has 178 valence electrons. The van der Waals surface area contributed by atoms with Crippen molar-refractivity contribution in [1.82, 2.24) is 14.1 Å². The molecule has 2 saturated heterocycles.